The van der Waals surface area contributed by atoms with E-state index in [0.29, 0.717) is 6.54 Å². The van der Waals surface area contributed by atoms with Crippen LogP contribution in [0.25, 0.3) is 0 Å². The van der Waals surface area contributed by atoms with Gasteiger partial charge in [0, 0.05) is 12.1 Å². The van der Waals surface area contributed by atoms with Crippen LogP contribution in [0.3, 0.4) is 0 Å². The summed E-state index contributed by atoms with van der Waals surface area (Å²) in [7, 11) is -1.34. The van der Waals surface area contributed by atoms with Crippen molar-refractivity contribution in [2.24, 2.45) is 0 Å². The van der Waals surface area contributed by atoms with E-state index in [2.05, 4.69) is 48.6 Å². The minimum Gasteiger partial charge on any atom is -0.461 e. The van der Waals surface area contributed by atoms with E-state index in [1.807, 2.05) is 19.1 Å². The lowest BCUT2D eigenvalue weighted by atomic mass is 10.1. The molecule has 1 atom stereocenters. The van der Waals surface area contributed by atoms with Gasteiger partial charge in [-0.2, -0.15) is 0 Å². The Hall–Kier alpha value is -1.57. The summed E-state index contributed by atoms with van der Waals surface area (Å²) < 4.78 is 5.53. The topological polar surface area (TPSA) is 38.3 Å². The average molecular weight is 344 g/mol. The number of carbonyl (C=O) groups is 1. The number of benzene rings is 1. The molecule has 4 heteroatoms. The molecule has 0 aromatic heterocycles. The van der Waals surface area contributed by atoms with Gasteiger partial charge >= 0.3 is 5.97 Å². The van der Waals surface area contributed by atoms with Crippen LogP contribution in [0, 0.1) is 11.5 Å². The molecule has 1 aliphatic carbocycles. The standard InChI is InChI=1S/C20H29NO2Si/c1-16(20(22)23-19-7-5-6-8-19)21-15-18-11-9-17(10-12-18)13-14-24(2,3)4/h9-12,16,19,21H,5-8,15H2,1-4H3/t16-/m0/s1. The minimum atomic E-state index is -1.34. The first-order chi connectivity index (χ1) is 11.3. The van der Waals surface area contributed by atoms with Gasteiger partial charge in [0.1, 0.15) is 20.2 Å². The van der Waals surface area contributed by atoms with Crippen LogP contribution in [0.1, 0.15) is 43.7 Å². The highest BCUT2D eigenvalue weighted by atomic mass is 28.3. The Kier molecular flexibility index (Phi) is 6.65. The zero-order valence-corrected chi connectivity index (χ0v) is 16.3. The van der Waals surface area contributed by atoms with E-state index in [4.69, 9.17) is 4.74 Å². The van der Waals surface area contributed by atoms with Gasteiger partial charge in [-0.15, -0.1) is 5.54 Å². The summed E-state index contributed by atoms with van der Waals surface area (Å²) in [5.41, 5.74) is 5.57. The summed E-state index contributed by atoms with van der Waals surface area (Å²) in [6.07, 6.45) is 4.50. The van der Waals surface area contributed by atoms with Crippen LogP contribution < -0.4 is 5.32 Å². The Morgan fingerprint density at radius 1 is 1.25 bits per heavy atom. The molecular weight excluding hydrogens is 314 g/mol. The molecule has 1 aliphatic rings. The average Bonchev–Trinajstić information content (AvgIpc) is 3.03. The van der Waals surface area contributed by atoms with Crippen molar-refractivity contribution < 1.29 is 9.53 Å². The summed E-state index contributed by atoms with van der Waals surface area (Å²) in [5.74, 6) is 3.11. The Labute approximate surface area is 147 Å². The van der Waals surface area contributed by atoms with Crippen molar-refractivity contribution in [1.82, 2.24) is 5.32 Å². The van der Waals surface area contributed by atoms with Crippen molar-refractivity contribution in [2.45, 2.75) is 70.9 Å². The van der Waals surface area contributed by atoms with Crippen molar-refractivity contribution in [3.05, 3.63) is 35.4 Å². The smallest absolute Gasteiger partial charge is 0.323 e. The molecule has 0 spiro atoms. The molecule has 1 saturated carbocycles. The van der Waals surface area contributed by atoms with E-state index in [1.165, 1.54) is 12.8 Å². The van der Waals surface area contributed by atoms with Crippen LogP contribution in [-0.4, -0.2) is 26.2 Å². The number of hydrogen-bond donors (Lipinski definition) is 1. The Bertz CT molecular complexity index is 601. The molecular formula is C20H29NO2Si. The van der Waals surface area contributed by atoms with Gasteiger partial charge in [-0.25, -0.2) is 0 Å². The third-order valence-corrected chi connectivity index (χ3v) is 4.96. The second-order valence-electron chi connectivity index (χ2n) is 7.64. The van der Waals surface area contributed by atoms with Gasteiger partial charge in [-0.05, 0) is 50.3 Å². The summed E-state index contributed by atoms with van der Waals surface area (Å²) >= 11 is 0. The molecule has 1 N–H and O–H groups in total. The second-order valence-corrected chi connectivity index (χ2v) is 12.4. The third kappa shape index (κ3) is 6.50. The molecule has 0 aliphatic heterocycles. The SMILES string of the molecule is C[C@H](NCc1ccc(C#C[Si](C)(C)C)cc1)C(=O)OC1CCCC1. The van der Waals surface area contributed by atoms with Gasteiger partial charge in [-0.3, -0.25) is 4.79 Å². The van der Waals surface area contributed by atoms with Crippen LogP contribution in [0.4, 0.5) is 0 Å². The van der Waals surface area contributed by atoms with E-state index in [9.17, 15) is 4.79 Å². The highest BCUT2D eigenvalue weighted by Crippen LogP contribution is 2.21. The van der Waals surface area contributed by atoms with E-state index in [0.717, 1.165) is 24.0 Å². The molecule has 0 heterocycles. The van der Waals surface area contributed by atoms with Gasteiger partial charge in [0.2, 0.25) is 0 Å². The number of nitrogens with one attached hydrogen (secondary N) is 1. The fourth-order valence-electron chi connectivity index (χ4n) is 2.59. The maximum atomic E-state index is 12.1. The number of ether oxygens (including phenoxy) is 1. The van der Waals surface area contributed by atoms with Crippen LogP contribution in [0.15, 0.2) is 24.3 Å². The molecule has 1 aromatic carbocycles. The molecule has 0 amide bonds. The van der Waals surface area contributed by atoms with Crippen molar-refractivity contribution in [3.8, 4) is 11.5 Å². The Morgan fingerprint density at radius 3 is 2.46 bits per heavy atom. The second kappa shape index (κ2) is 8.50. The van der Waals surface area contributed by atoms with E-state index < -0.39 is 8.07 Å². The van der Waals surface area contributed by atoms with Gasteiger partial charge in [0.05, 0.1) is 0 Å². The number of carbonyl (C=O) groups excluding carboxylic acids is 1. The summed E-state index contributed by atoms with van der Waals surface area (Å²) in [5, 5.41) is 3.24. The maximum absolute atomic E-state index is 12.1. The first-order valence-electron chi connectivity index (χ1n) is 8.89. The van der Waals surface area contributed by atoms with Crippen LogP contribution in [0.2, 0.25) is 19.6 Å². The maximum Gasteiger partial charge on any atom is 0.323 e. The summed E-state index contributed by atoms with van der Waals surface area (Å²) in [4.78, 5) is 12.1. The highest BCUT2D eigenvalue weighted by Gasteiger charge is 2.22. The summed E-state index contributed by atoms with van der Waals surface area (Å²) in [6.45, 7) is 9.24. The normalized spacial score (nSPS) is 16.3. The largest absolute Gasteiger partial charge is 0.461 e. The lowest BCUT2D eigenvalue weighted by Gasteiger charge is -2.17. The van der Waals surface area contributed by atoms with Crippen molar-refractivity contribution >= 4 is 14.0 Å². The van der Waals surface area contributed by atoms with Crippen molar-refractivity contribution in [3.63, 3.8) is 0 Å². The van der Waals surface area contributed by atoms with E-state index in [-0.39, 0.29) is 18.1 Å². The molecule has 2 rings (SSSR count). The monoisotopic (exact) mass is 343 g/mol. The molecule has 1 fully saturated rings. The van der Waals surface area contributed by atoms with Gasteiger partial charge < -0.3 is 10.1 Å². The molecule has 0 unspecified atom stereocenters. The van der Waals surface area contributed by atoms with E-state index in [1.54, 1.807) is 0 Å². The molecule has 3 nitrogen and oxygen atoms in total. The number of rotatable bonds is 5. The summed E-state index contributed by atoms with van der Waals surface area (Å²) in [6, 6.07) is 7.95. The van der Waals surface area contributed by atoms with E-state index >= 15 is 0 Å². The zero-order valence-electron chi connectivity index (χ0n) is 15.3. The first kappa shape index (κ1) is 18.8. The van der Waals surface area contributed by atoms with Gasteiger partial charge in [-0.1, -0.05) is 37.7 Å². The minimum absolute atomic E-state index is 0.131. The van der Waals surface area contributed by atoms with Crippen LogP contribution >= 0.6 is 0 Å². The highest BCUT2D eigenvalue weighted by molar-refractivity contribution is 6.83. The number of hydrogen-bond acceptors (Lipinski definition) is 3. The Morgan fingerprint density at radius 2 is 1.88 bits per heavy atom. The van der Waals surface area contributed by atoms with Crippen molar-refractivity contribution in [2.75, 3.05) is 0 Å². The molecule has 24 heavy (non-hydrogen) atoms. The number of esters is 1. The van der Waals surface area contributed by atoms with Gasteiger partial charge in [0.25, 0.3) is 0 Å². The fourth-order valence-corrected chi connectivity index (χ4v) is 3.11. The predicted molar refractivity (Wildman–Crippen MR) is 101 cm³/mol. The quantitative estimate of drug-likeness (QED) is 0.501. The molecule has 0 bridgehead atoms. The lowest BCUT2D eigenvalue weighted by Crippen LogP contribution is -2.36. The fraction of sp³-hybridized carbons (Fsp3) is 0.550. The first-order valence-corrected chi connectivity index (χ1v) is 12.4. The Balaban J connectivity index is 1.80. The molecule has 130 valence electrons. The lowest BCUT2D eigenvalue weighted by molar-refractivity contribution is -0.150. The molecule has 1 aromatic rings. The predicted octanol–water partition coefficient (Wildman–Crippen LogP) is 3.88. The van der Waals surface area contributed by atoms with Crippen LogP contribution in [0.5, 0.6) is 0 Å². The van der Waals surface area contributed by atoms with Gasteiger partial charge in [0.15, 0.2) is 0 Å². The third-order valence-electron chi connectivity index (χ3n) is 4.09. The van der Waals surface area contributed by atoms with Crippen LogP contribution in [-0.2, 0) is 16.1 Å². The van der Waals surface area contributed by atoms with Crippen molar-refractivity contribution in [1.29, 1.82) is 0 Å². The molecule has 0 saturated heterocycles. The zero-order chi connectivity index (χ0) is 17.6. The molecule has 0 radical (unpaired) electrons.